The number of hydrogen-bond donors (Lipinski definition) is 1. The summed E-state index contributed by atoms with van der Waals surface area (Å²) in [6.07, 6.45) is 1.60. The second kappa shape index (κ2) is 5.57. The number of nitrogens with zero attached hydrogens (tertiary/aromatic N) is 1. The van der Waals surface area contributed by atoms with Crippen LogP contribution in [0.25, 0.3) is 0 Å². The van der Waals surface area contributed by atoms with Gasteiger partial charge in [0.1, 0.15) is 6.04 Å². The quantitative estimate of drug-likeness (QED) is 0.921. The summed E-state index contributed by atoms with van der Waals surface area (Å²) in [5.74, 6) is -0.706. The van der Waals surface area contributed by atoms with Crippen LogP contribution in [0.4, 0.5) is 0 Å². The second-order valence-electron chi connectivity index (χ2n) is 6.72. The fourth-order valence-electron chi connectivity index (χ4n) is 2.90. The molecular formula is C17H25NO2. The van der Waals surface area contributed by atoms with Crippen molar-refractivity contribution in [2.24, 2.45) is 0 Å². The molecule has 2 rings (SSSR count). The highest BCUT2D eigenvalue weighted by Gasteiger charge is 2.27. The van der Waals surface area contributed by atoms with Gasteiger partial charge < -0.3 is 5.11 Å². The third kappa shape index (κ3) is 3.04. The fourth-order valence-corrected chi connectivity index (χ4v) is 2.90. The zero-order valence-electron chi connectivity index (χ0n) is 12.9. The number of fused-ring (bicyclic) bond motifs is 1. The van der Waals surface area contributed by atoms with Gasteiger partial charge in [0.15, 0.2) is 0 Å². The Morgan fingerprint density at radius 2 is 2.05 bits per heavy atom. The van der Waals surface area contributed by atoms with Crippen molar-refractivity contribution in [3.63, 3.8) is 0 Å². The number of carboxylic acids is 1. The number of benzene rings is 1. The molecule has 0 bridgehead atoms. The minimum Gasteiger partial charge on any atom is -0.480 e. The van der Waals surface area contributed by atoms with Crippen molar-refractivity contribution in [2.45, 2.75) is 58.5 Å². The molecule has 1 N–H and O–H groups in total. The van der Waals surface area contributed by atoms with Crippen LogP contribution in [0, 0.1) is 0 Å². The predicted octanol–water partition coefficient (Wildman–Crippen LogP) is 3.21. The van der Waals surface area contributed by atoms with Crippen molar-refractivity contribution >= 4 is 5.97 Å². The van der Waals surface area contributed by atoms with Crippen molar-refractivity contribution in [3.05, 3.63) is 34.9 Å². The molecule has 0 saturated carbocycles. The van der Waals surface area contributed by atoms with Crippen LogP contribution < -0.4 is 0 Å². The molecule has 1 unspecified atom stereocenters. The molecule has 1 heterocycles. The Hall–Kier alpha value is -1.35. The lowest BCUT2D eigenvalue weighted by Gasteiger charge is -2.34. The lowest BCUT2D eigenvalue weighted by molar-refractivity contribution is -0.143. The molecule has 1 aliphatic heterocycles. The zero-order chi connectivity index (χ0) is 14.9. The van der Waals surface area contributed by atoms with Gasteiger partial charge in [-0.3, -0.25) is 9.69 Å². The van der Waals surface area contributed by atoms with Gasteiger partial charge in [0.05, 0.1) is 0 Å². The van der Waals surface area contributed by atoms with Crippen molar-refractivity contribution in [3.8, 4) is 0 Å². The summed E-state index contributed by atoms with van der Waals surface area (Å²) in [5, 5.41) is 9.32. The highest BCUT2D eigenvalue weighted by atomic mass is 16.4. The first kappa shape index (κ1) is 15.0. The van der Waals surface area contributed by atoms with E-state index in [1.54, 1.807) is 0 Å². The Labute approximate surface area is 121 Å². The van der Waals surface area contributed by atoms with E-state index in [-0.39, 0.29) is 11.5 Å². The maximum absolute atomic E-state index is 11.3. The first-order chi connectivity index (χ1) is 9.32. The van der Waals surface area contributed by atoms with Crippen LogP contribution in [0.2, 0.25) is 0 Å². The Kier molecular flexibility index (Phi) is 4.19. The average Bonchev–Trinajstić information content (AvgIpc) is 2.37. The molecule has 0 saturated heterocycles. The number of hydrogen-bond acceptors (Lipinski definition) is 2. The lowest BCUT2D eigenvalue weighted by atomic mass is 9.84. The number of rotatable bonds is 3. The monoisotopic (exact) mass is 275 g/mol. The highest BCUT2D eigenvalue weighted by Crippen LogP contribution is 2.28. The summed E-state index contributed by atoms with van der Waals surface area (Å²) in [5.41, 5.74) is 4.12. The van der Waals surface area contributed by atoms with Crippen LogP contribution in [-0.2, 0) is 23.2 Å². The zero-order valence-corrected chi connectivity index (χ0v) is 12.9. The molecule has 1 aliphatic rings. The summed E-state index contributed by atoms with van der Waals surface area (Å²) >= 11 is 0. The first-order valence-electron chi connectivity index (χ1n) is 7.42. The number of aliphatic carboxylic acids is 1. The third-order valence-electron chi connectivity index (χ3n) is 4.23. The van der Waals surface area contributed by atoms with Crippen LogP contribution in [-0.4, -0.2) is 28.6 Å². The smallest absolute Gasteiger partial charge is 0.320 e. The fraction of sp³-hybridized carbons (Fsp3) is 0.588. The van der Waals surface area contributed by atoms with E-state index in [2.05, 4.69) is 43.9 Å². The molecule has 0 aromatic heterocycles. The third-order valence-corrected chi connectivity index (χ3v) is 4.23. The van der Waals surface area contributed by atoms with Crippen LogP contribution in [0.15, 0.2) is 18.2 Å². The van der Waals surface area contributed by atoms with E-state index in [9.17, 15) is 9.90 Å². The minimum absolute atomic E-state index is 0.133. The molecule has 3 nitrogen and oxygen atoms in total. The Balaban J connectivity index is 2.26. The molecular weight excluding hydrogens is 250 g/mol. The molecule has 0 spiro atoms. The molecule has 110 valence electrons. The molecule has 20 heavy (non-hydrogen) atoms. The molecule has 1 aromatic rings. The maximum atomic E-state index is 11.3. The van der Waals surface area contributed by atoms with Crippen LogP contribution in [0.5, 0.6) is 0 Å². The summed E-state index contributed by atoms with van der Waals surface area (Å²) in [6.45, 7) is 10.2. The van der Waals surface area contributed by atoms with Crippen molar-refractivity contribution < 1.29 is 9.90 Å². The Morgan fingerprint density at radius 3 is 2.60 bits per heavy atom. The molecule has 0 radical (unpaired) electrons. The predicted molar refractivity (Wildman–Crippen MR) is 81.0 cm³/mol. The van der Waals surface area contributed by atoms with Crippen molar-refractivity contribution in [2.75, 3.05) is 6.54 Å². The average molecular weight is 275 g/mol. The van der Waals surface area contributed by atoms with Gasteiger partial charge in [-0.2, -0.15) is 0 Å². The van der Waals surface area contributed by atoms with E-state index in [0.717, 1.165) is 19.5 Å². The largest absolute Gasteiger partial charge is 0.480 e. The number of carbonyl (C=O) groups is 1. The van der Waals surface area contributed by atoms with E-state index >= 15 is 0 Å². The number of carboxylic acid groups (broad SMARTS) is 1. The van der Waals surface area contributed by atoms with E-state index in [1.807, 2.05) is 6.92 Å². The van der Waals surface area contributed by atoms with Crippen LogP contribution in [0.3, 0.4) is 0 Å². The Bertz CT molecular complexity index is 502. The minimum atomic E-state index is -0.706. The maximum Gasteiger partial charge on any atom is 0.320 e. The van der Waals surface area contributed by atoms with Gasteiger partial charge in [-0.05, 0) is 34.9 Å². The van der Waals surface area contributed by atoms with E-state index in [4.69, 9.17) is 0 Å². The summed E-state index contributed by atoms with van der Waals surface area (Å²) in [7, 11) is 0. The SMILES string of the molecule is CCC(C(=O)O)N1CCc2ccc(C(C)(C)C)cc2C1. The van der Waals surface area contributed by atoms with Gasteiger partial charge in [-0.15, -0.1) is 0 Å². The first-order valence-corrected chi connectivity index (χ1v) is 7.42. The molecule has 0 amide bonds. The second-order valence-corrected chi connectivity index (χ2v) is 6.72. The van der Waals surface area contributed by atoms with Gasteiger partial charge in [-0.1, -0.05) is 45.9 Å². The molecule has 0 aliphatic carbocycles. The van der Waals surface area contributed by atoms with E-state index in [0.29, 0.717) is 6.42 Å². The lowest BCUT2D eigenvalue weighted by Crippen LogP contribution is -2.43. The Morgan fingerprint density at radius 1 is 1.35 bits per heavy atom. The standard InChI is InChI=1S/C17H25NO2/c1-5-15(16(19)20)18-9-8-12-6-7-14(17(2,3)4)10-13(12)11-18/h6-7,10,15H,5,8-9,11H2,1-4H3,(H,19,20). The summed E-state index contributed by atoms with van der Waals surface area (Å²) in [6, 6.07) is 6.33. The summed E-state index contributed by atoms with van der Waals surface area (Å²) in [4.78, 5) is 13.4. The molecule has 3 heteroatoms. The molecule has 1 aromatic carbocycles. The van der Waals surface area contributed by atoms with Gasteiger partial charge >= 0.3 is 5.97 Å². The van der Waals surface area contributed by atoms with Gasteiger partial charge in [-0.25, -0.2) is 0 Å². The van der Waals surface area contributed by atoms with Crippen LogP contribution in [0.1, 0.15) is 50.8 Å². The molecule has 0 fully saturated rings. The van der Waals surface area contributed by atoms with E-state index in [1.165, 1.54) is 16.7 Å². The van der Waals surface area contributed by atoms with E-state index < -0.39 is 5.97 Å². The topological polar surface area (TPSA) is 40.5 Å². The van der Waals surface area contributed by atoms with Gasteiger partial charge in [0.25, 0.3) is 0 Å². The van der Waals surface area contributed by atoms with Gasteiger partial charge in [0.2, 0.25) is 0 Å². The summed E-state index contributed by atoms with van der Waals surface area (Å²) < 4.78 is 0. The van der Waals surface area contributed by atoms with Crippen molar-refractivity contribution in [1.29, 1.82) is 0 Å². The van der Waals surface area contributed by atoms with Gasteiger partial charge in [0, 0.05) is 13.1 Å². The molecule has 1 atom stereocenters. The van der Waals surface area contributed by atoms with Crippen molar-refractivity contribution in [1.82, 2.24) is 4.90 Å². The highest BCUT2D eigenvalue weighted by molar-refractivity contribution is 5.73. The van der Waals surface area contributed by atoms with Crippen LogP contribution >= 0.6 is 0 Å². The normalized spacial score (nSPS) is 17.6.